The van der Waals surface area contributed by atoms with Crippen molar-refractivity contribution < 1.29 is 23.2 Å². The molecule has 0 saturated carbocycles. The molecule has 3 rings (SSSR count). The number of nitrogens with zero attached hydrogens (tertiary/aromatic N) is 3. The number of urea groups is 1. The molecule has 1 aromatic carbocycles. The summed E-state index contributed by atoms with van der Waals surface area (Å²) in [6.45, 7) is 5.75. The number of nitrogens with one attached hydrogen (secondary N) is 1. The van der Waals surface area contributed by atoms with Crippen LogP contribution in [0.5, 0.6) is 17.4 Å². The molecule has 2 aromatic heterocycles. The molecule has 2 amide bonds. The molecule has 0 aliphatic carbocycles. The number of aromatic nitrogens is 3. The van der Waals surface area contributed by atoms with Crippen molar-refractivity contribution in [3.63, 3.8) is 0 Å². The van der Waals surface area contributed by atoms with E-state index in [9.17, 15) is 4.79 Å². The maximum Gasteiger partial charge on any atom is 0.316 e. The van der Waals surface area contributed by atoms with E-state index in [0.717, 1.165) is 6.33 Å². The topological polar surface area (TPSA) is 125 Å². The zero-order valence-corrected chi connectivity index (χ0v) is 17.4. The Kier molecular flexibility index (Phi) is 5.79. The number of primary amides is 1. The van der Waals surface area contributed by atoms with Crippen LogP contribution in [0.4, 0.5) is 14.9 Å². The highest BCUT2D eigenvalue weighted by Crippen LogP contribution is 2.40. The smallest absolute Gasteiger partial charge is 0.316 e. The minimum absolute atomic E-state index is 0.00136. The van der Waals surface area contributed by atoms with Crippen LogP contribution in [-0.2, 0) is 5.41 Å². The van der Waals surface area contributed by atoms with Crippen molar-refractivity contribution in [3.8, 4) is 28.6 Å². The molecule has 158 valence electrons. The van der Waals surface area contributed by atoms with Crippen LogP contribution in [-0.4, -0.2) is 28.3 Å². The Morgan fingerprint density at radius 1 is 1.30 bits per heavy atom. The maximum atomic E-state index is 15.5. The SMILES string of the molecule is COc1c(Cl)ncnc1Oc1ccc(NC(N)=O)c(-c2cc(C(C)(C)C)on2)c1F. The monoisotopic (exact) mass is 435 g/mol. The average Bonchev–Trinajstić information content (AvgIpc) is 3.14. The van der Waals surface area contributed by atoms with Crippen molar-refractivity contribution in [1.82, 2.24) is 15.1 Å². The van der Waals surface area contributed by atoms with Crippen LogP contribution in [0.1, 0.15) is 26.5 Å². The predicted octanol–water partition coefficient (Wildman–Crippen LogP) is 4.51. The first-order chi connectivity index (χ1) is 14.1. The Morgan fingerprint density at radius 3 is 2.63 bits per heavy atom. The molecule has 0 fully saturated rings. The summed E-state index contributed by atoms with van der Waals surface area (Å²) >= 11 is 5.96. The molecule has 0 bridgehead atoms. The largest absolute Gasteiger partial charge is 0.489 e. The zero-order valence-electron chi connectivity index (χ0n) is 16.6. The summed E-state index contributed by atoms with van der Waals surface area (Å²) in [5, 5.41) is 6.32. The van der Waals surface area contributed by atoms with Crippen LogP contribution in [0.2, 0.25) is 5.15 Å². The van der Waals surface area contributed by atoms with Gasteiger partial charge in [0.2, 0.25) is 5.75 Å². The van der Waals surface area contributed by atoms with Gasteiger partial charge in [-0.15, -0.1) is 0 Å². The molecular formula is C19H19ClFN5O4. The molecule has 30 heavy (non-hydrogen) atoms. The van der Waals surface area contributed by atoms with Gasteiger partial charge in [0, 0.05) is 11.5 Å². The number of halogens is 2. The van der Waals surface area contributed by atoms with E-state index in [4.69, 9.17) is 31.3 Å². The van der Waals surface area contributed by atoms with E-state index >= 15 is 4.39 Å². The van der Waals surface area contributed by atoms with Crippen LogP contribution in [0.15, 0.2) is 29.0 Å². The molecule has 3 N–H and O–H groups in total. The van der Waals surface area contributed by atoms with Crippen LogP contribution in [0.25, 0.3) is 11.3 Å². The molecule has 2 heterocycles. The first kappa shape index (κ1) is 21.3. The van der Waals surface area contributed by atoms with E-state index in [1.807, 2.05) is 20.8 Å². The lowest BCUT2D eigenvalue weighted by atomic mass is 9.92. The van der Waals surface area contributed by atoms with Crippen LogP contribution in [0.3, 0.4) is 0 Å². The molecule has 0 aliphatic rings. The number of ether oxygens (including phenoxy) is 2. The van der Waals surface area contributed by atoms with Gasteiger partial charge in [-0.3, -0.25) is 0 Å². The first-order valence-corrected chi connectivity index (χ1v) is 9.08. The van der Waals surface area contributed by atoms with Gasteiger partial charge in [-0.1, -0.05) is 37.5 Å². The summed E-state index contributed by atoms with van der Waals surface area (Å²) < 4.78 is 31.5. The lowest BCUT2D eigenvalue weighted by molar-refractivity contribution is 0.259. The number of rotatable bonds is 5. The molecule has 0 spiro atoms. The fourth-order valence-corrected chi connectivity index (χ4v) is 2.76. The number of hydrogen-bond donors (Lipinski definition) is 2. The van der Waals surface area contributed by atoms with Gasteiger partial charge in [0.25, 0.3) is 5.88 Å². The molecule has 0 radical (unpaired) electrons. The lowest BCUT2D eigenvalue weighted by Gasteiger charge is -2.14. The van der Waals surface area contributed by atoms with E-state index in [2.05, 4.69) is 20.4 Å². The second-order valence-electron chi connectivity index (χ2n) is 7.22. The number of methoxy groups -OCH3 is 1. The molecular weight excluding hydrogens is 417 g/mol. The highest BCUT2D eigenvalue weighted by molar-refractivity contribution is 6.31. The quantitative estimate of drug-likeness (QED) is 0.564. The van der Waals surface area contributed by atoms with Gasteiger partial charge in [-0.25, -0.2) is 14.2 Å². The number of carbonyl (C=O) groups is 1. The summed E-state index contributed by atoms with van der Waals surface area (Å²) in [7, 11) is 1.35. The minimum Gasteiger partial charge on any atom is -0.489 e. The molecule has 0 unspecified atom stereocenters. The molecule has 0 atom stereocenters. The van der Waals surface area contributed by atoms with E-state index in [0.29, 0.717) is 5.76 Å². The van der Waals surface area contributed by atoms with Crippen LogP contribution >= 0.6 is 11.6 Å². The third-order valence-corrected chi connectivity index (χ3v) is 4.28. The second kappa shape index (κ2) is 8.15. The van der Waals surface area contributed by atoms with Crippen molar-refractivity contribution in [3.05, 3.63) is 41.3 Å². The number of anilines is 1. The van der Waals surface area contributed by atoms with E-state index in [-0.39, 0.29) is 44.9 Å². The van der Waals surface area contributed by atoms with Gasteiger partial charge >= 0.3 is 6.03 Å². The summed E-state index contributed by atoms with van der Waals surface area (Å²) in [6, 6.07) is 3.42. The third kappa shape index (κ3) is 4.28. The fraction of sp³-hybridized carbons (Fsp3) is 0.263. The molecule has 11 heteroatoms. The van der Waals surface area contributed by atoms with Crippen molar-refractivity contribution in [2.45, 2.75) is 26.2 Å². The van der Waals surface area contributed by atoms with Gasteiger partial charge in [-0.05, 0) is 12.1 Å². The third-order valence-electron chi connectivity index (χ3n) is 4.01. The van der Waals surface area contributed by atoms with E-state index in [1.54, 1.807) is 6.07 Å². The fourth-order valence-electron chi connectivity index (χ4n) is 2.56. The molecule has 3 aromatic rings. The maximum absolute atomic E-state index is 15.5. The Morgan fingerprint density at radius 2 is 2.03 bits per heavy atom. The Balaban J connectivity index is 2.12. The standard InChI is InChI=1S/C19H19ClFN5O4/c1-19(2,3)12-7-10(26-30-12)13-9(25-18(22)27)5-6-11(14(13)21)29-17-15(28-4)16(20)23-8-24-17/h5-8H,1-4H3,(H3,22,25,27). The number of amides is 2. The average molecular weight is 436 g/mol. The highest BCUT2D eigenvalue weighted by Gasteiger charge is 2.25. The summed E-state index contributed by atoms with van der Waals surface area (Å²) in [4.78, 5) is 19.1. The molecule has 9 nitrogen and oxygen atoms in total. The number of hydrogen-bond acceptors (Lipinski definition) is 7. The van der Waals surface area contributed by atoms with E-state index in [1.165, 1.54) is 19.2 Å². The Bertz CT molecular complexity index is 1100. The predicted molar refractivity (Wildman–Crippen MR) is 107 cm³/mol. The van der Waals surface area contributed by atoms with Crippen molar-refractivity contribution >= 4 is 23.3 Å². The first-order valence-electron chi connectivity index (χ1n) is 8.70. The Labute approximate surface area is 176 Å². The van der Waals surface area contributed by atoms with E-state index < -0.39 is 11.8 Å². The molecule has 0 saturated heterocycles. The van der Waals surface area contributed by atoms with Crippen molar-refractivity contribution in [2.24, 2.45) is 5.73 Å². The second-order valence-corrected chi connectivity index (χ2v) is 7.58. The van der Waals surface area contributed by atoms with Gasteiger partial charge < -0.3 is 25.0 Å². The van der Waals surface area contributed by atoms with Gasteiger partial charge in [-0.2, -0.15) is 4.98 Å². The van der Waals surface area contributed by atoms with Crippen LogP contribution < -0.4 is 20.5 Å². The molecule has 0 aliphatic heterocycles. The van der Waals surface area contributed by atoms with Gasteiger partial charge in [0.1, 0.15) is 17.8 Å². The van der Waals surface area contributed by atoms with Crippen LogP contribution in [0, 0.1) is 5.82 Å². The summed E-state index contributed by atoms with van der Waals surface area (Å²) in [5.41, 5.74) is 5.03. The Hall–Kier alpha value is -3.40. The highest BCUT2D eigenvalue weighted by atomic mass is 35.5. The summed E-state index contributed by atoms with van der Waals surface area (Å²) in [5.74, 6) is -0.568. The van der Waals surface area contributed by atoms with Gasteiger partial charge in [0.15, 0.2) is 16.7 Å². The van der Waals surface area contributed by atoms with Crippen molar-refractivity contribution in [1.29, 1.82) is 0 Å². The lowest BCUT2D eigenvalue weighted by Crippen LogP contribution is -2.20. The number of nitrogens with two attached hydrogens (primary N) is 1. The van der Waals surface area contributed by atoms with Crippen molar-refractivity contribution in [2.75, 3.05) is 12.4 Å². The van der Waals surface area contributed by atoms with Gasteiger partial charge in [0.05, 0.1) is 18.4 Å². The zero-order chi connectivity index (χ0) is 22.1. The number of benzene rings is 1. The minimum atomic E-state index is -0.867. The summed E-state index contributed by atoms with van der Waals surface area (Å²) in [6.07, 6.45) is 1.15. The normalized spacial score (nSPS) is 11.3. The number of carbonyl (C=O) groups excluding carboxylic acids is 1.